The summed E-state index contributed by atoms with van der Waals surface area (Å²) in [5.74, 6) is 0. The molecule has 1 amide bonds. The first-order chi connectivity index (χ1) is 8.92. The van der Waals surface area contributed by atoms with Crippen molar-refractivity contribution in [3.05, 3.63) is 0 Å². The summed E-state index contributed by atoms with van der Waals surface area (Å²) in [6.45, 7) is 7.95. The molecule has 0 radical (unpaired) electrons. The highest BCUT2D eigenvalue weighted by Gasteiger charge is 2.21. The minimum Gasteiger partial charge on any atom is -0.444 e. The number of alkyl carbamates (subject to hydrolysis) is 1. The van der Waals surface area contributed by atoms with E-state index < -0.39 is 11.7 Å². The Kier molecular flexibility index (Phi) is 6.10. The van der Waals surface area contributed by atoms with Crippen LogP contribution in [0, 0.1) is 11.3 Å². The maximum atomic E-state index is 11.5. The molecule has 1 aliphatic heterocycles. The summed E-state index contributed by atoms with van der Waals surface area (Å²) in [4.78, 5) is 13.7. The maximum Gasteiger partial charge on any atom is 0.407 e. The number of hydrogen-bond donors (Lipinski definition) is 1. The average Bonchev–Trinajstić information content (AvgIpc) is 2.33. The lowest BCUT2D eigenvalue weighted by molar-refractivity contribution is 0.0523. The lowest BCUT2D eigenvalue weighted by atomic mass is 10.1. The second-order valence-electron chi connectivity index (χ2n) is 5.96. The molecule has 1 aliphatic rings. The van der Waals surface area contributed by atoms with E-state index in [1.807, 2.05) is 20.8 Å². The minimum absolute atomic E-state index is 0.102. The van der Waals surface area contributed by atoms with Gasteiger partial charge in [-0.05, 0) is 53.1 Å². The van der Waals surface area contributed by atoms with E-state index in [9.17, 15) is 10.1 Å². The van der Waals surface area contributed by atoms with Gasteiger partial charge in [0.25, 0.3) is 0 Å². The summed E-state index contributed by atoms with van der Waals surface area (Å²) in [5.41, 5.74) is -0.481. The van der Waals surface area contributed by atoms with E-state index in [0.29, 0.717) is 13.0 Å². The molecule has 1 saturated heterocycles. The first-order valence-electron chi connectivity index (χ1n) is 7.03. The van der Waals surface area contributed by atoms with Gasteiger partial charge in [-0.1, -0.05) is 6.42 Å². The van der Waals surface area contributed by atoms with Crippen LogP contribution in [0.5, 0.6) is 0 Å². The van der Waals surface area contributed by atoms with Crippen molar-refractivity contribution in [2.45, 2.75) is 58.1 Å². The van der Waals surface area contributed by atoms with Gasteiger partial charge in [-0.3, -0.25) is 4.90 Å². The van der Waals surface area contributed by atoms with Crippen LogP contribution in [0.3, 0.4) is 0 Å². The Bertz CT molecular complexity index is 325. The second-order valence-corrected chi connectivity index (χ2v) is 5.96. The van der Waals surface area contributed by atoms with Crippen molar-refractivity contribution in [3.8, 4) is 6.07 Å². The predicted molar refractivity (Wildman–Crippen MR) is 73.7 cm³/mol. The van der Waals surface area contributed by atoms with Crippen molar-refractivity contribution in [2.24, 2.45) is 0 Å². The van der Waals surface area contributed by atoms with Gasteiger partial charge in [0, 0.05) is 6.54 Å². The largest absolute Gasteiger partial charge is 0.444 e. The number of carbonyl (C=O) groups is 1. The smallest absolute Gasteiger partial charge is 0.407 e. The molecule has 0 spiro atoms. The molecular formula is C14H25N3O2. The first-order valence-corrected chi connectivity index (χ1v) is 7.03. The SMILES string of the molecule is CC(C)(C)OC(=O)NCCC(C#N)N1CCCCC1. The summed E-state index contributed by atoms with van der Waals surface area (Å²) >= 11 is 0. The normalized spacial score (nSPS) is 18.4. The van der Waals surface area contributed by atoms with Crippen LogP contribution in [0.15, 0.2) is 0 Å². The molecule has 1 fully saturated rings. The molecule has 0 saturated carbocycles. The van der Waals surface area contributed by atoms with Crippen LogP contribution in [0.25, 0.3) is 0 Å². The van der Waals surface area contributed by atoms with Crippen molar-refractivity contribution < 1.29 is 9.53 Å². The average molecular weight is 267 g/mol. The number of hydrogen-bond acceptors (Lipinski definition) is 4. The maximum absolute atomic E-state index is 11.5. The van der Waals surface area contributed by atoms with E-state index in [4.69, 9.17) is 4.74 Å². The topological polar surface area (TPSA) is 65.4 Å². The molecular weight excluding hydrogens is 242 g/mol. The number of nitrogens with zero attached hydrogens (tertiary/aromatic N) is 2. The fraction of sp³-hybridized carbons (Fsp3) is 0.857. The number of nitrogens with one attached hydrogen (secondary N) is 1. The predicted octanol–water partition coefficient (Wildman–Crippen LogP) is 2.28. The third kappa shape index (κ3) is 6.44. The van der Waals surface area contributed by atoms with E-state index in [0.717, 1.165) is 25.9 Å². The number of carbonyl (C=O) groups excluding carboxylic acids is 1. The molecule has 0 aromatic rings. The zero-order valence-electron chi connectivity index (χ0n) is 12.2. The number of rotatable bonds is 4. The van der Waals surface area contributed by atoms with Crippen LogP contribution in [-0.2, 0) is 4.74 Å². The highest BCUT2D eigenvalue weighted by Crippen LogP contribution is 2.13. The summed E-state index contributed by atoms with van der Waals surface area (Å²) in [7, 11) is 0. The number of ether oxygens (including phenoxy) is 1. The molecule has 0 aromatic carbocycles. The van der Waals surface area contributed by atoms with Crippen LogP contribution in [0.1, 0.15) is 46.5 Å². The molecule has 1 unspecified atom stereocenters. The molecule has 0 aliphatic carbocycles. The highest BCUT2D eigenvalue weighted by molar-refractivity contribution is 5.67. The quantitative estimate of drug-likeness (QED) is 0.848. The molecule has 1 atom stereocenters. The van der Waals surface area contributed by atoms with Crippen molar-refractivity contribution in [1.29, 1.82) is 5.26 Å². The molecule has 1 heterocycles. The number of amides is 1. The van der Waals surface area contributed by atoms with Gasteiger partial charge in [-0.15, -0.1) is 0 Å². The third-order valence-electron chi connectivity index (χ3n) is 3.07. The Hall–Kier alpha value is -1.28. The van der Waals surface area contributed by atoms with Gasteiger partial charge in [0.05, 0.1) is 12.1 Å². The molecule has 1 N–H and O–H groups in total. The van der Waals surface area contributed by atoms with Crippen molar-refractivity contribution in [3.63, 3.8) is 0 Å². The minimum atomic E-state index is -0.481. The van der Waals surface area contributed by atoms with E-state index in [-0.39, 0.29) is 6.04 Å². The van der Waals surface area contributed by atoms with Crippen LogP contribution in [0.4, 0.5) is 4.79 Å². The lowest BCUT2D eigenvalue weighted by Gasteiger charge is -2.30. The van der Waals surface area contributed by atoms with Crippen molar-refractivity contribution >= 4 is 6.09 Å². The van der Waals surface area contributed by atoms with Crippen LogP contribution >= 0.6 is 0 Å². The summed E-state index contributed by atoms with van der Waals surface area (Å²) < 4.78 is 5.15. The molecule has 5 nitrogen and oxygen atoms in total. The van der Waals surface area contributed by atoms with Gasteiger partial charge in [0.1, 0.15) is 5.60 Å². The zero-order valence-corrected chi connectivity index (χ0v) is 12.2. The van der Waals surface area contributed by atoms with Gasteiger partial charge in [-0.2, -0.15) is 5.26 Å². The summed E-state index contributed by atoms with van der Waals surface area (Å²) in [6, 6.07) is 2.23. The summed E-state index contributed by atoms with van der Waals surface area (Å²) in [5, 5.41) is 11.9. The fourth-order valence-electron chi connectivity index (χ4n) is 2.18. The van der Waals surface area contributed by atoms with Crippen molar-refractivity contribution in [2.75, 3.05) is 19.6 Å². The Labute approximate surface area is 115 Å². The van der Waals surface area contributed by atoms with Gasteiger partial charge in [-0.25, -0.2) is 4.79 Å². The molecule has 19 heavy (non-hydrogen) atoms. The lowest BCUT2D eigenvalue weighted by Crippen LogP contribution is -2.41. The van der Waals surface area contributed by atoms with Gasteiger partial charge in [0.2, 0.25) is 0 Å². The van der Waals surface area contributed by atoms with Gasteiger partial charge in [0.15, 0.2) is 0 Å². The molecule has 0 aromatic heterocycles. The van der Waals surface area contributed by atoms with E-state index >= 15 is 0 Å². The van der Waals surface area contributed by atoms with Gasteiger partial charge >= 0.3 is 6.09 Å². The number of nitriles is 1. The molecule has 108 valence electrons. The third-order valence-corrected chi connectivity index (χ3v) is 3.07. The number of likely N-dealkylation sites (tertiary alicyclic amines) is 1. The first kappa shape index (κ1) is 15.8. The van der Waals surface area contributed by atoms with E-state index in [1.165, 1.54) is 6.42 Å². The van der Waals surface area contributed by atoms with Crippen LogP contribution in [0.2, 0.25) is 0 Å². The van der Waals surface area contributed by atoms with Crippen LogP contribution < -0.4 is 5.32 Å². The van der Waals surface area contributed by atoms with E-state index in [2.05, 4.69) is 16.3 Å². The molecule has 1 rings (SSSR count). The highest BCUT2D eigenvalue weighted by atomic mass is 16.6. The second kappa shape index (κ2) is 7.34. The standard InChI is InChI=1S/C14H25N3O2/c1-14(2,3)19-13(18)16-8-7-12(11-15)17-9-5-4-6-10-17/h12H,4-10H2,1-3H3,(H,16,18). The molecule has 5 heteroatoms. The zero-order chi connectivity index (χ0) is 14.3. The molecule has 0 bridgehead atoms. The Morgan fingerprint density at radius 3 is 2.53 bits per heavy atom. The summed E-state index contributed by atoms with van der Waals surface area (Å²) in [6.07, 6.45) is 3.82. The monoisotopic (exact) mass is 267 g/mol. The van der Waals surface area contributed by atoms with Gasteiger partial charge < -0.3 is 10.1 Å². The number of piperidine rings is 1. The van der Waals surface area contributed by atoms with Crippen molar-refractivity contribution in [1.82, 2.24) is 10.2 Å². The Balaban J connectivity index is 2.26. The van der Waals surface area contributed by atoms with Crippen LogP contribution in [-0.4, -0.2) is 42.3 Å². The Morgan fingerprint density at radius 2 is 2.00 bits per heavy atom. The Morgan fingerprint density at radius 1 is 1.37 bits per heavy atom. The fourth-order valence-corrected chi connectivity index (χ4v) is 2.18. The van der Waals surface area contributed by atoms with E-state index in [1.54, 1.807) is 0 Å².